The largest absolute Gasteiger partial charge is 0.326 e. The maximum Gasteiger partial charge on any atom is 0.322 e. The summed E-state index contributed by atoms with van der Waals surface area (Å²) < 4.78 is 0. The Morgan fingerprint density at radius 1 is 1.12 bits per heavy atom. The van der Waals surface area contributed by atoms with Gasteiger partial charge in [-0.25, -0.2) is 4.79 Å². The molecule has 1 heterocycles. The first-order valence-electron chi connectivity index (χ1n) is 7.27. The van der Waals surface area contributed by atoms with Crippen molar-refractivity contribution in [3.63, 3.8) is 0 Å². The van der Waals surface area contributed by atoms with Gasteiger partial charge in [0, 0.05) is 10.7 Å². The minimum absolute atomic E-state index is 0.186. The van der Waals surface area contributed by atoms with Gasteiger partial charge in [0.2, 0.25) is 5.91 Å². The van der Waals surface area contributed by atoms with Crippen LogP contribution in [0.3, 0.4) is 0 Å². The monoisotopic (exact) mass is 343 g/mol. The van der Waals surface area contributed by atoms with Crippen LogP contribution < -0.4 is 16.0 Å². The van der Waals surface area contributed by atoms with Crippen LogP contribution in [0.25, 0.3) is 0 Å². The van der Waals surface area contributed by atoms with Gasteiger partial charge in [0.15, 0.2) is 0 Å². The molecule has 1 unspecified atom stereocenters. The van der Waals surface area contributed by atoms with Crippen LogP contribution in [-0.2, 0) is 16.0 Å². The average Bonchev–Trinajstić information content (AvgIpc) is 2.86. The van der Waals surface area contributed by atoms with E-state index in [2.05, 4.69) is 16.0 Å². The van der Waals surface area contributed by atoms with Crippen molar-refractivity contribution in [1.29, 1.82) is 0 Å². The zero-order chi connectivity index (χ0) is 17.1. The number of imide groups is 1. The number of halogens is 1. The van der Waals surface area contributed by atoms with Crippen molar-refractivity contribution in [2.24, 2.45) is 0 Å². The number of urea groups is 1. The number of carbonyl (C=O) groups is 3. The molecule has 2 aromatic rings. The third-order valence-electron chi connectivity index (χ3n) is 3.53. The summed E-state index contributed by atoms with van der Waals surface area (Å²) in [7, 11) is 0. The van der Waals surface area contributed by atoms with Gasteiger partial charge in [0.1, 0.15) is 6.04 Å². The molecule has 2 aromatic carbocycles. The highest BCUT2D eigenvalue weighted by Crippen LogP contribution is 2.20. The van der Waals surface area contributed by atoms with Crippen molar-refractivity contribution in [3.8, 4) is 0 Å². The molecule has 24 heavy (non-hydrogen) atoms. The zero-order valence-electron chi connectivity index (χ0n) is 12.5. The van der Waals surface area contributed by atoms with E-state index < -0.39 is 18.0 Å². The molecular formula is C17H14ClN3O3. The number of rotatable bonds is 4. The highest BCUT2D eigenvalue weighted by atomic mass is 35.5. The lowest BCUT2D eigenvalue weighted by Gasteiger charge is -2.11. The molecule has 0 saturated carbocycles. The molecule has 4 amide bonds. The van der Waals surface area contributed by atoms with Gasteiger partial charge in [-0.15, -0.1) is 0 Å². The van der Waals surface area contributed by atoms with Crippen LogP contribution in [0.5, 0.6) is 0 Å². The van der Waals surface area contributed by atoms with E-state index in [0.717, 1.165) is 5.56 Å². The molecular weight excluding hydrogens is 330 g/mol. The number of anilines is 1. The van der Waals surface area contributed by atoms with Gasteiger partial charge < -0.3 is 10.6 Å². The Kier molecular flexibility index (Phi) is 4.48. The van der Waals surface area contributed by atoms with Crippen molar-refractivity contribution in [2.75, 3.05) is 5.32 Å². The van der Waals surface area contributed by atoms with E-state index in [4.69, 9.17) is 11.6 Å². The number of hydrogen-bond donors (Lipinski definition) is 3. The number of carbonyl (C=O) groups excluding carboxylic acids is 3. The molecule has 1 atom stereocenters. The summed E-state index contributed by atoms with van der Waals surface area (Å²) in [6.45, 7) is 0. The molecule has 1 saturated heterocycles. The quantitative estimate of drug-likeness (QED) is 0.745. The summed E-state index contributed by atoms with van der Waals surface area (Å²) in [4.78, 5) is 35.0. The van der Waals surface area contributed by atoms with Crippen molar-refractivity contribution in [2.45, 2.75) is 12.5 Å². The smallest absolute Gasteiger partial charge is 0.322 e. The van der Waals surface area contributed by atoms with Crippen molar-refractivity contribution in [1.82, 2.24) is 10.6 Å². The molecule has 122 valence electrons. The van der Waals surface area contributed by atoms with Gasteiger partial charge in [-0.05, 0) is 35.4 Å². The average molecular weight is 344 g/mol. The normalized spacial score (nSPS) is 16.5. The summed E-state index contributed by atoms with van der Waals surface area (Å²) in [5, 5.41) is 8.04. The van der Waals surface area contributed by atoms with E-state index in [1.54, 1.807) is 42.5 Å². The molecule has 1 aliphatic heterocycles. The highest BCUT2D eigenvalue weighted by molar-refractivity contribution is 6.30. The molecule has 0 bridgehead atoms. The van der Waals surface area contributed by atoms with Gasteiger partial charge in [-0.1, -0.05) is 35.9 Å². The SMILES string of the molecule is O=C(Cc1cccc(Cl)c1)Nc1cccc(C2NC(=O)NC2=O)c1. The highest BCUT2D eigenvalue weighted by Gasteiger charge is 2.30. The summed E-state index contributed by atoms with van der Waals surface area (Å²) in [5.74, 6) is -0.614. The fourth-order valence-corrected chi connectivity index (χ4v) is 2.70. The molecule has 1 aliphatic rings. The third kappa shape index (κ3) is 3.72. The first kappa shape index (κ1) is 16.0. The van der Waals surface area contributed by atoms with E-state index in [1.807, 2.05) is 6.07 Å². The van der Waals surface area contributed by atoms with Crippen LogP contribution in [0.4, 0.5) is 10.5 Å². The van der Waals surface area contributed by atoms with E-state index in [9.17, 15) is 14.4 Å². The molecule has 6 nitrogen and oxygen atoms in total. The predicted octanol–water partition coefficient (Wildman–Crippen LogP) is 2.40. The third-order valence-corrected chi connectivity index (χ3v) is 3.77. The molecule has 0 aliphatic carbocycles. The minimum Gasteiger partial charge on any atom is -0.326 e. The lowest BCUT2D eigenvalue weighted by atomic mass is 10.1. The van der Waals surface area contributed by atoms with Crippen LogP contribution >= 0.6 is 11.6 Å². The van der Waals surface area contributed by atoms with Gasteiger partial charge in [0.25, 0.3) is 5.91 Å². The fraction of sp³-hybridized carbons (Fsp3) is 0.118. The second kappa shape index (κ2) is 6.72. The van der Waals surface area contributed by atoms with Crippen molar-refractivity contribution in [3.05, 3.63) is 64.7 Å². The van der Waals surface area contributed by atoms with Crippen LogP contribution in [-0.4, -0.2) is 17.8 Å². The molecule has 3 rings (SSSR count). The lowest BCUT2D eigenvalue weighted by molar-refractivity contribution is -0.120. The van der Waals surface area contributed by atoms with Gasteiger partial charge in [-0.3, -0.25) is 14.9 Å². The van der Waals surface area contributed by atoms with Crippen molar-refractivity contribution >= 4 is 35.1 Å². The molecule has 0 radical (unpaired) electrons. The Bertz CT molecular complexity index is 822. The molecule has 0 spiro atoms. The van der Waals surface area contributed by atoms with Gasteiger partial charge in [-0.2, -0.15) is 0 Å². The van der Waals surface area contributed by atoms with E-state index in [-0.39, 0.29) is 12.3 Å². The van der Waals surface area contributed by atoms with Gasteiger partial charge >= 0.3 is 6.03 Å². The Morgan fingerprint density at radius 3 is 2.62 bits per heavy atom. The summed E-state index contributed by atoms with van der Waals surface area (Å²) >= 11 is 5.90. The second-order valence-electron chi connectivity index (χ2n) is 5.38. The van der Waals surface area contributed by atoms with E-state index in [1.165, 1.54) is 0 Å². The predicted molar refractivity (Wildman–Crippen MR) is 89.6 cm³/mol. The van der Waals surface area contributed by atoms with Crippen molar-refractivity contribution < 1.29 is 14.4 Å². The Morgan fingerprint density at radius 2 is 1.92 bits per heavy atom. The number of benzene rings is 2. The minimum atomic E-state index is -0.748. The fourth-order valence-electron chi connectivity index (χ4n) is 2.48. The molecule has 7 heteroatoms. The number of nitrogens with one attached hydrogen (secondary N) is 3. The second-order valence-corrected chi connectivity index (χ2v) is 5.81. The Balaban J connectivity index is 1.69. The van der Waals surface area contributed by atoms with Crippen LogP contribution in [0.15, 0.2) is 48.5 Å². The van der Waals surface area contributed by atoms with E-state index in [0.29, 0.717) is 16.3 Å². The van der Waals surface area contributed by atoms with Crippen LogP contribution in [0, 0.1) is 0 Å². The number of hydrogen-bond acceptors (Lipinski definition) is 3. The summed E-state index contributed by atoms with van der Waals surface area (Å²) in [5.41, 5.74) is 1.95. The Labute approximate surface area is 143 Å². The van der Waals surface area contributed by atoms with Crippen LogP contribution in [0.2, 0.25) is 5.02 Å². The topological polar surface area (TPSA) is 87.3 Å². The summed E-state index contributed by atoms with van der Waals surface area (Å²) in [6, 6.07) is 12.6. The maximum atomic E-state index is 12.1. The zero-order valence-corrected chi connectivity index (χ0v) is 13.3. The lowest BCUT2D eigenvalue weighted by Crippen LogP contribution is -2.22. The molecule has 0 aromatic heterocycles. The first-order chi connectivity index (χ1) is 11.5. The molecule has 3 N–H and O–H groups in total. The standard InChI is InChI=1S/C17H14ClN3O3/c18-12-5-1-3-10(7-12)8-14(22)19-13-6-2-4-11(9-13)15-16(23)21-17(24)20-15/h1-7,9,15H,8H2,(H,19,22)(H2,20,21,23,24). The summed E-state index contributed by atoms with van der Waals surface area (Å²) in [6.07, 6.45) is 0.186. The van der Waals surface area contributed by atoms with Crippen LogP contribution in [0.1, 0.15) is 17.2 Å². The first-order valence-corrected chi connectivity index (χ1v) is 7.65. The maximum absolute atomic E-state index is 12.1. The van der Waals surface area contributed by atoms with E-state index >= 15 is 0 Å². The van der Waals surface area contributed by atoms with Gasteiger partial charge in [0.05, 0.1) is 6.42 Å². The Hall–Kier alpha value is -2.86. The molecule has 1 fully saturated rings. The number of amides is 4.